The molecule has 2 heterocycles. The molecule has 7 nitrogen and oxygen atoms in total. The van der Waals surface area contributed by atoms with Crippen LogP contribution in [-0.4, -0.2) is 27.2 Å². The molecule has 1 amide bonds. The number of fused-ring (bicyclic) bond motifs is 1. The minimum Gasteiger partial charge on any atom is -0.356 e. The number of carbonyl (C=O) groups excluding carboxylic acids is 1. The molecule has 4 rings (SSSR count). The first-order valence-electron chi connectivity index (χ1n) is 8.37. The molecule has 1 aliphatic rings. The van der Waals surface area contributed by atoms with Crippen LogP contribution in [-0.2, 0) is 17.8 Å². The summed E-state index contributed by atoms with van der Waals surface area (Å²) in [5, 5.41) is 7.59. The summed E-state index contributed by atoms with van der Waals surface area (Å²) in [4.78, 5) is 28.4. The second-order valence-electron chi connectivity index (χ2n) is 6.27. The lowest BCUT2D eigenvalue weighted by Gasteiger charge is -2.07. The molecule has 1 aliphatic carbocycles. The van der Waals surface area contributed by atoms with Gasteiger partial charge in [-0.15, -0.1) is 0 Å². The fourth-order valence-corrected chi connectivity index (χ4v) is 2.81. The van der Waals surface area contributed by atoms with E-state index in [0.717, 1.165) is 23.9 Å². The van der Waals surface area contributed by atoms with Gasteiger partial charge in [0.25, 0.3) is 5.56 Å². The third-order valence-electron chi connectivity index (χ3n) is 4.35. The van der Waals surface area contributed by atoms with Crippen LogP contribution >= 0.6 is 0 Å². The van der Waals surface area contributed by atoms with Crippen molar-refractivity contribution < 1.29 is 9.32 Å². The molecule has 128 valence electrons. The van der Waals surface area contributed by atoms with Gasteiger partial charge in [0, 0.05) is 30.5 Å². The number of benzene rings is 1. The van der Waals surface area contributed by atoms with Gasteiger partial charge in [-0.2, -0.15) is 0 Å². The zero-order valence-corrected chi connectivity index (χ0v) is 13.6. The third-order valence-corrected chi connectivity index (χ3v) is 4.35. The van der Waals surface area contributed by atoms with E-state index in [0.29, 0.717) is 30.3 Å². The van der Waals surface area contributed by atoms with Gasteiger partial charge in [0.05, 0.1) is 18.4 Å². The number of carbonyl (C=O) groups is 1. The van der Waals surface area contributed by atoms with Crippen LogP contribution in [0.15, 0.2) is 46.0 Å². The molecular weight excluding hydrogens is 320 g/mol. The molecule has 0 unspecified atom stereocenters. The molecule has 0 aliphatic heterocycles. The van der Waals surface area contributed by atoms with Crippen molar-refractivity contribution in [3.05, 3.63) is 58.4 Å². The lowest BCUT2D eigenvalue weighted by atomic mass is 10.1. The molecule has 1 N–H and O–H groups in total. The minimum atomic E-state index is -0.158. The van der Waals surface area contributed by atoms with Crippen LogP contribution in [0, 0.1) is 0 Å². The molecule has 1 aromatic carbocycles. The van der Waals surface area contributed by atoms with E-state index in [2.05, 4.69) is 15.5 Å². The highest BCUT2D eigenvalue weighted by molar-refractivity contribution is 5.86. The lowest BCUT2D eigenvalue weighted by Crippen LogP contribution is -2.31. The van der Waals surface area contributed by atoms with Gasteiger partial charge in [-0.05, 0) is 25.0 Å². The van der Waals surface area contributed by atoms with Crippen molar-refractivity contribution in [2.75, 3.05) is 6.54 Å². The molecule has 2 aromatic heterocycles. The van der Waals surface area contributed by atoms with Crippen molar-refractivity contribution in [2.24, 2.45) is 0 Å². The Labute approximate surface area is 143 Å². The quantitative estimate of drug-likeness (QED) is 0.737. The van der Waals surface area contributed by atoms with Crippen LogP contribution in [0.4, 0.5) is 0 Å². The van der Waals surface area contributed by atoms with Crippen LogP contribution < -0.4 is 10.9 Å². The van der Waals surface area contributed by atoms with E-state index in [9.17, 15) is 9.59 Å². The Kier molecular flexibility index (Phi) is 4.05. The number of aromatic nitrogens is 3. The number of hydrogen-bond donors (Lipinski definition) is 1. The molecule has 3 aromatic rings. The maximum absolute atomic E-state index is 12.1. The van der Waals surface area contributed by atoms with Gasteiger partial charge in [-0.3, -0.25) is 14.2 Å². The Morgan fingerprint density at radius 2 is 2.16 bits per heavy atom. The zero-order chi connectivity index (χ0) is 17.2. The number of amides is 1. The van der Waals surface area contributed by atoms with Gasteiger partial charge >= 0.3 is 0 Å². The Bertz CT molecular complexity index is 972. The largest absolute Gasteiger partial charge is 0.356 e. The summed E-state index contributed by atoms with van der Waals surface area (Å²) in [6.45, 7) is 0.751. The number of nitrogens with one attached hydrogen (secondary N) is 1. The van der Waals surface area contributed by atoms with Gasteiger partial charge in [0.2, 0.25) is 5.91 Å². The van der Waals surface area contributed by atoms with Crippen LogP contribution in [0.5, 0.6) is 0 Å². The standard InChI is InChI=1S/C18H18N4O3/c23-17(9-15-13-3-1-2-4-16(13)25-21-15)19-7-8-22-11-20-14(10-18(22)24)12-5-6-12/h1-4,10-12H,5-9H2,(H,19,23). The molecule has 0 spiro atoms. The summed E-state index contributed by atoms with van der Waals surface area (Å²) in [5.41, 5.74) is 2.08. The van der Waals surface area contributed by atoms with Gasteiger partial charge < -0.3 is 9.84 Å². The average Bonchev–Trinajstić information content (AvgIpc) is 3.39. The number of nitrogens with zero attached hydrogens (tertiary/aromatic N) is 3. The summed E-state index contributed by atoms with van der Waals surface area (Å²) in [5.74, 6) is 0.300. The highest BCUT2D eigenvalue weighted by Crippen LogP contribution is 2.38. The Balaban J connectivity index is 1.32. The van der Waals surface area contributed by atoms with Gasteiger partial charge in [0.15, 0.2) is 5.58 Å². The molecule has 0 bridgehead atoms. The van der Waals surface area contributed by atoms with Crippen molar-refractivity contribution in [3.63, 3.8) is 0 Å². The highest BCUT2D eigenvalue weighted by Gasteiger charge is 2.25. The first-order chi connectivity index (χ1) is 12.2. The lowest BCUT2D eigenvalue weighted by molar-refractivity contribution is -0.120. The Morgan fingerprint density at radius 3 is 2.96 bits per heavy atom. The molecule has 0 radical (unpaired) electrons. The zero-order valence-electron chi connectivity index (χ0n) is 13.6. The van der Waals surface area contributed by atoms with E-state index in [1.807, 2.05) is 24.3 Å². The number of rotatable bonds is 6. The van der Waals surface area contributed by atoms with Crippen LogP contribution in [0.25, 0.3) is 11.0 Å². The summed E-state index contributed by atoms with van der Waals surface area (Å²) >= 11 is 0. The van der Waals surface area contributed by atoms with Crippen molar-refractivity contribution >= 4 is 16.9 Å². The van der Waals surface area contributed by atoms with Crippen molar-refractivity contribution in [2.45, 2.75) is 31.7 Å². The normalized spacial score (nSPS) is 13.9. The maximum atomic E-state index is 12.1. The van der Waals surface area contributed by atoms with Gasteiger partial charge in [-0.25, -0.2) is 4.98 Å². The fourth-order valence-electron chi connectivity index (χ4n) is 2.81. The highest BCUT2D eigenvalue weighted by atomic mass is 16.5. The minimum absolute atomic E-state index is 0.0753. The third kappa shape index (κ3) is 3.45. The first-order valence-corrected chi connectivity index (χ1v) is 8.37. The maximum Gasteiger partial charge on any atom is 0.253 e. The van der Waals surface area contributed by atoms with Gasteiger partial charge in [-0.1, -0.05) is 17.3 Å². The van der Waals surface area contributed by atoms with Crippen molar-refractivity contribution in [1.82, 2.24) is 20.0 Å². The van der Waals surface area contributed by atoms with Crippen LogP contribution in [0.1, 0.15) is 30.1 Å². The molecule has 25 heavy (non-hydrogen) atoms. The molecule has 1 saturated carbocycles. The summed E-state index contributed by atoms with van der Waals surface area (Å²) in [7, 11) is 0. The molecule has 0 saturated heterocycles. The topological polar surface area (TPSA) is 90.0 Å². The molecule has 0 atom stereocenters. The number of hydrogen-bond acceptors (Lipinski definition) is 5. The average molecular weight is 338 g/mol. The summed E-state index contributed by atoms with van der Waals surface area (Å²) in [6.07, 6.45) is 3.94. The SMILES string of the molecule is O=C(Cc1noc2ccccc12)NCCn1cnc(C2CC2)cc1=O. The predicted octanol–water partition coefficient (Wildman–Crippen LogP) is 1.62. The van der Waals surface area contributed by atoms with Crippen LogP contribution in [0.3, 0.4) is 0 Å². The van der Waals surface area contributed by atoms with E-state index in [4.69, 9.17) is 4.52 Å². The van der Waals surface area contributed by atoms with E-state index in [1.54, 1.807) is 12.4 Å². The monoisotopic (exact) mass is 338 g/mol. The fraction of sp³-hybridized carbons (Fsp3) is 0.333. The predicted molar refractivity (Wildman–Crippen MR) is 91.2 cm³/mol. The van der Waals surface area contributed by atoms with E-state index < -0.39 is 0 Å². The number of para-hydroxylation sites is 1. The Hall–Kier alpha value is -2.96. The second-order valence-corrected chi connectivity index (χ2v) is 6.27. The first kappa shape index (κ1) is 15.6. The second kappa shape index (κ2) is 6.51. The van der Waals surface area contributed by atoms with Crippen LogP contribution in [0.2, 0.25) is 0 Å². The molecule has 7 heteroatoms. The molecule has 1 fully saturated rings. The van der Waals surface area contributed by atoms with E-state index in [1.165, 1.54) is 4.57 Å². The van der Waals surface area contributed by atoms with E-state index in [-0.39, 0.29) is 17.9 Å². The Morgan fingerprint density at radius 1 is 1.32 bits per heavy atom. The summed E-state index contributed by atoms with van der Waals surface area (Å²) < 4.78 is 6.70. The summed E-state index contributed by atoms with van der Waals surface area (Å²) in [6, 6.07) is 9.03. The molecular formula is C18H18N4O3. The van der Waals surface area contributed by atoms with Gasteiger partial charge in [0.1, 0.15) is 5.69 Å². The van der Waals surface area contributed by atoms with E-state index >= 15 is 0 Å². The van der Waals surface area contributed by atoms with Crippen molar-refractivity contribution in [1.29, 1.82) is 0 Å². The smallest absolute Gasteiger partial charge is 0.253 e. The van der Waals surface area contributed by atoms with Crippen molar-refractivity contribution in [3.8, 4) is 0 Å².